The van der Waals surface area contributed by atoms with E-state index < -0.39 is 0 Å². The van der Waals surface area contributed by atoms with E-state index in [1.165, 1.54) is 0 Å². The minimum Gasteiger partial charge on any atom is -0.382 e. The molecule has 0 bridgehead atoms. The Morgan fingerprint density at radius 3 is 3.00 bits per heavy atom. The molecule has 0 aliphatic heterocycles. The van der Waals surface area contributed by atoms with E-state index in [2.05, 4.69) is 4.98 Å². The standard InChI is InChI=1S/C8H9N3/c1-6-3-2-4-7-8(9)10-5-11(6)7/h2-5H,9H2,1H3. The van der Waals surface area contributed by atoms with Gasteiger partial charge in [-0.3, -0.25) is 0 Å². The monoisotopic (exact) mass is 147 g/mol. The lowest BCUT2D eigenvalue weighted by molar-refractivity contribution is 1.08. The largest absolute Gasteiger partial charge is 0.382 e. The summed E-state index contributed by atoms with van der Waals surface area (Å²) in [5.41, 5.74) is 7.74. The van der Waals surface area contributed by atoms with E-state index in [9.17, 15) is 0 Å². The van der Waals surface area contributed by atoms with Gasteiger partial charge in [0.2, 0.25) is 0 Å². The molecule has 3 nitrogen and oxygen atoms in total. The van der Waals surface area contributed by atoms with E-state index in [1.807, 2.05) is 29.5 Å². The van der Waals surface area contributed by atoms with Gasteiger partial charge in [-0.1, -0.05) is 6.07 Å². The molecule has 0 spiro atoms. The zero-order valence-electron chi connectivity index (χ0n) is 6.28. The van der Waals surface area contributed by atoms with Crippen LogP contribution in [0.25, 0.3) is 5.52 Å². The Hall–Kier alpha value is -1.51. The summed E-state index contributed by atoms with van der Waals surface area (Å²) in [4.78, 5) is 4.00. The predicted molar refractivity (Wildman–Crippen MR) is 44.3 cm³/mol. The van der Waals surface area contributed by atoms with Crippen molar-refractivity contribution in [3.63, 3.8) is 0 Å². The van der Waals surface area contributed by atoms with Crippen LogP contribution in [0.3, 0.4) is 0 Å². The number of rotatable bonds is 0. The number of fused-ring (bicyclic) bond motifs is 1. The van der Waals surface area contributed by atoms with E-state index in [1.54, 1.807) is 6.33 Å². The van der Waals surface area contributed by atoms with Gasteiger partial charge in [-0.2, -0.15) is 0 Å². The summed E-state index contributed by atoms with van der Waals surface area (Å²) >= 11 is 0. The van der Waals surface area contributed by atoms with Crippen LogP contribution in [-0.2, 0) is 0 Å². The second kappa shape index (κ2) is 1.99. The fraction of sp³-hybridized carbons (Fsp3) is 0.125. The van der Waals surface area contributed by atoms with Gasteiger partial charge in [-0.25, -0.2) is 4.98 Å². The van der Waals surface area contributed by atoms with Gasteiger partial charge in [-0.05, 0) is 19.1 Å². The second-order valence-electron chi connectivity index (χ2n) is 2.55. The third-order valence-electron chi connectivity index (χ3n) is 1.81. The molecule has 2 N–H and O–H groups in total. The number of anilines is 1. The predicted octanol–water partition coefficient (Wildman–Crippen LogP) is 1.22. The Kier molecular flexibility index (Phi) is 1.12. The summed E-state index contributed by atoms with van der Waals surface area (Å²) in [6.45, 7) is 2.02. The molecular weight excluding hydrogens is 138 g/mol. The van der Waals surface area contributed by atoms with Crippen molar-refractivity contribution in [3.05, 3.63) is 30.2 Å². The van der Waals surface area contributed by atoms with Gasteiger partial charge < -0.3 is 10.1 Å². The smallest absolute Gasteiger partial charge is 0.149 e. The quantitative estimate of drug-likeness (QED) is 0.609. The van der Waals surface area contributed by atoms with Gasteiger partial charge in [0.1, 0.15) is 12.1 Å². The lowest BCUT2D eigenvalue weighted by Crippen LogP contribution is -1.89. The number of nitrogens with zero attached hydrogens (tertiary/aromatic N) is 2. The topological polar surface area (TPSA) is 43.3 Å². The highest BCUT2D eigenvalue weighted by Crippen LogP contribution is 2.12. The minimum absolute atomic E-state index is 0.591. The fourth-order valence-corrected chi connectivity index (χ4v) is 1.18. The van der Waals surface area contributed by atoms with E-state index in [0.717, 1.165) is 11.2 Å². The third kappa shape index (κ3) is 0.774. The van der Waals surface area contributed by atoms with Crippen LogP contribution in [0.1, 0.15) is 5.69 Å². The van der Waals surface area contributed by atoms with Crippen LogP contribution in [0.2, 0.25) is 0 Å². The number of aryl methyl sites for hydroxylation is 1. The van der Waals surface area contributed by atoms with Crippen LogP contribution < -0.4 is 5.73 Å². The Morgan fingerprint density at radius 2 is 2.27 bits per heavy atom. The first kappa shape index (κ1) is 6.22. The zero-order valence-corrected chi connectivity index (χ0v) is 6.28. The van der Waals surface area contributed by atoms with Crippen LogP contribution in [0, 0.1) is 6.92 Å². The number of aromatic nitrogens is 2. The van der Waals surface area contributed by atoms with Crippen molar-refractivity contribution in [2.24, 2.45) is 0 Å². The summed E-state index contributed by atoms with van der Waals surface area (Å²) < 4.78 is 1.97. The second-order valence-corrected chi connectivity index (χ2v) is 2.55. The highest BCUT2D eigenvalue weighted by atomic mass is 15.0. The Balaban J connectivity index is 2.94. The number of pyridine rings is 1. The Morgan fingerprint density at radius 1 is 1.45 bits per heavy atom. The summed E-state index contributed by atoms with van der Waals surface area (Å²) in [7, 11) is 0. The van der Waals surface area contributed by atoms with Crippen LogP contribution in [0.4, 0.5) is 5.82 Å². The lowest BCUT2D eigenvalue weighted by atomic mass is 10.3. The maximum Gasteiger partial charge on any atom is 0.149 e. The number of hydrogen-bond donors (Lipinski definition) is 1. The Labute approximate surface area is 64.5 Å². The maximum absolute atomic E-state index is 5.61. The number of hydrogen-bond acceptors (Lipinski definition) is 2. The molecule has 0 radical (unpaired) electrons. The molecule has 0 amide bonds. The van der Waals surface area contributed by atoms with E-state index >= 15 is 0 Å². The van der Waals surface area contributed by atoms with Gasteiger partial charge in [-0.15, -0.1) is 0 Å². The van der Waals surface area contributed by atoms with E-state index in [0.29, 0.717) is 5.82 Å². The molecule has 0 aliphatic carbocycles. The molecule has 0 saturated carbocycles. The molecule has 0 aromatic carbocycles. The van der Waals surface area contributed by atoms with Gasteiger partial charge in [0.05, 0.1) is 5.52 Å². The summed E-state index contributed by atoms with van der Waals surface area (Å²) in [5, 5.41) is 0. The van der Waals surface area contributed by atoms with Crippen molar-refractivity contribution >= 4 is 11.3 Å². The molecule has 2 aromatic heterocycles. The first-order valence-corrected chi connectivity index (χ1v) is 3.47. The van der Waals surface area contributed by atoms with Crippen LogP contribution in [-0.4, -0.2) is 9.38 Å². The van der Waals surface area contributed by atoms with Gasteiger partial charge in [0.25, 0.3) is 0 Å². The van der Waals surface area contributed by atoms with Gasteiger partial charge >= 0.3 is 0 Å². The molecule has 0 unspecified atom stereocenters. The molecule has 11 heavy (non-hydrogen) atoms. The van der Waals surface area contributed by atoms with Crippen LogP contribution >= 0.6 is 0 Å². The molecule has 0 fully saturated rings. The van der Waals surface area contributed by atoms with Crippen molar-refractivity contribution in [1.29, 1.82) is 0 Å². The van der Waals surface area contributed by atoms with E-state index in [-0.39, 0.29) is 0 Å². The average Bonchev–Trinajstić information content (AvgIpc) is 2.35. The highest BCUT2D eigenvalue weighted by molar-refractivity contribution is 5.65. The number of nitrogens with two attached hydrogens (primary N) is 1. The van der Waals surface area contributed by atoms with Crippen molar-refractivity contribution in [2.45, 2.75) is 6.92 Å². The first-order valence-electron chi connectivity index (χ1n) is 3.47. The minimum atomic E-state index is 0.591. The molecule has 0 saturated heterocycles. The summed E-state index contributed by atoms with van der Waals surface area (Å²) in [6.07, 6.45) is 1.74. The van der Waals surface area contributed by atoms with Crippen molar-refractivity contribution < 1.29 is 0 Å². The molecule has 2 rings (SSSR count). The molecule has 0 atom stereocenters. The first-order chi connectivity index (χ1) is 5.29. The van der Waals surface area contributed by atoms with Crippen molar-refractivity contribution in [3.8, 4) is 0 Å². The fourth-order valence-electron chi connectivity index (χ4n) is 1.18. The zero-order chi connectivity index (χ0) is 7.84. The average molecular weight is 147 g/mol. The van der Waals surface area contributed by atoms with Gasteiger partial charge in [0.15, 0.2) is 0 Å². The molecular formula is C8H9N3. The van der Waals surface area contributed by atoms with Gasteiger partial charge in [0, 0.05) is 5.69 Å². The number of nitrogen functional groups attached to an aromatic ring is 1. The van der Waals surface area contributed by atoms with Crippen molar-refractivity contribution in [2.75, 3.05) is 5.73 Å². The van der Waals surface area contributed by atoms with E-state index in [4.69, 9.17) is 5.73 Å². The lowest BCUT2D eigenvalue weighted by Gasteiger charge is -1.97. The molecule has 0 aliphatic rings. The van der Waals surface area contributed by atoms with Crippen molar-refractivity contribution in [1.82, 2.24) is 9.38 Å². The van der Waals surface area contributed by atoms with Crippen LogP contribution in [0.15, 0.2) is 24.5 Å². The molecule has 2 aromatic rings. The number of imidazole rings is 1. The third-order valence-corrected chi connectivity index (χ3v) is 1.81. The summed E-state index contributed by atoms with van der Waals surface area (Å²) in [5.74, 6) is 0.591. The van der Waals surface area contributed by atoms with Crippen LogP contribution in [0.5, 0.6) is 0 Å². The maximum atomic E-state index is 5.61. The molecule has 3 heteroatoms. The molecule has 56 valence electrons. The normalized spacial score (nSPS) is 10.6. The highest BCUT2D eigenvalue weighted by Gasteiger charge is 1.99. The SMILES string of the molecule is Cc1cccc2c(N)ncn12. The summed E-state index contributed by atoms with van der Waals surface area (Å²) in [6, 6.07) is 5.95. The molecule has 2 heterocycles. The Bertz CT molecular complexity index is 389.